The topological polar surface area (TPSA) is 79.5 Å². The van der Waals surface area contributed by atoms with Crippen molar-refractivity contribution in [2.45, 2.75) is 38.8 Å². The summed E-state index contributed by atoms with van der Waals surface area (Å²) < 4.78 is 44.4. The maximum Gasteiger partial charge on any atom is 0.416 e. The fourth-order valence-electron chi connectivity index (χ4n) is 3.49. The number of halogens is 3. The van der Waals surface area contributed by atoms with Crippen molar-refractivity contribution in [2.24, 2.45) is 0 Å². The minimum absolute atomic E-state index is 0.0328. The molecular formula is C28H30F3N3O3. The van der Waals surface area contributed by atoms with Gasteiger partial charge in [0.15, 0.2) is 0 Å². The summed E-state index contributed by atoms with van der Waals surface area (Å²) in [5.74, 6) is -0.111. The summed E-state index contributed by atoms with van der Waals surface area (Å²) in [4.78, 5) is 24.9. The largest absolute Gasteiger partial charge is 0.494 e. The van der Waals surface area contributed by atoms with Gasteiger partial charge in [-0.25, -0.2) is 0 Å². The highest BCUT2D eigenvalue weighted by Crippen LogP contribution is 2.30. The average Bonchev–Trinajstić information content (AvgIpc) is 2.88. The van der Waals surface area contributed by atoms with E-state index in [-0.39, 0.29) is 23.7 Å². The SMILES string of the molecule is CCCCCCOc1ccc(NC(=O)CNc2cccc(C(=O)Nc3cccc(C(F)(F)F)c3)c2)cc1. The predicted molar refractivity (Wildman–Crippen MR) is 139 cm³/mol. The molecule has 0 aliphatic carbocycles. The molecule has 0 fully saturated rings. The summed E-state index contributed by atoms with van der Waals surface area (Å²) in [5, 5.41) is 8.19. The van der Waals surface area contributed by atoms with Gasteiger partial charge in [0, 0.05) is 22.6 Å². The molecule has 3 aromatic rings. The van der Waals surface area contributed by atoms with Crippen LogP contribution in [-0.2, 0) is 11.0 Å². The van der Waals surface area contributed by atoms with Crippen molar-refractivity contribution in [3.63, 3.8) is 0 Å². The summed E-state index contributed by atoms with van der Waals surface area (Å²) in [6, 6.07) is 17.9. The van der Waals surface area contributed by atoms with E-state index in [2.05, 4.69) is 22.9 Å². The van der Waals surface area contributed by atoms with Crippen LogP contribution in [0.3, 0.4) is 0 Å². The Labute approximate surface area is 214 Å². The Morgan fingerprint density at radius 3 is 2.27 bits per heavy atom. The van der Waals surface area contributed by atoms with Crippen LogP contribution in [0.2, 0.25) is 0 Å². The van der Waals surface area contributed by atoms with Gasteiger partial charge < -0.3 is 20.7 Å². The molecule has 0 heterocycles. The lowest BCUT2D eigenvalue weighted by Gasteiger charge is -2.11. The number of anilines is 3. The van der Waals surface area contributed by atoms with Crippen molar-refractivity contribution in [3.05, 3.63) is 83.9 Å². The lowest BCUT2D eigenvalue weighted by molar-refractivity contribution is -0.137. The first kappa shape index (κ1) is 27.6. The summed E-state index contributed by atoms with van der Waals surface area (Å²) in [6.07, 6.45) is 0.00892. The molecule has 0 aliphatic heterocycles. The highest BCUT2D eigenvalue weighted by molar-refractivity contribution is 6.05. The van der Waals surface area contributed by atoms with Gasteiger partial charge in [0.05, 0.1) is 18.7 Å². The second-order valence-electron chi connectivity index (χ2n) is 8.45. The highest BCUT2D eigenvalue weighted by Gasteiger charge is 2.30. The van der Waals surface area contributed by atoms with Crippen LogP contribution in [-0.4, -0.2) is 25.0 Å². The molecule has 0 saturated carbocycles. The van der Waals surface area contributed by atoms with Gasteiger partial charge in [-0.2, -0.15) is 13.2 Å². The number of carbonyl (C=O) groups excluding carboxylic acids is 2. The van der Waals surface area contributed by atoms with Gasteiger partial charge >= 0.3 is 6.18 Å². The zero-order chi connectivity index (χ0) is 26.7. The van der Waals surface area contributed by atoms with E-state index >= 15 is 0 Å². The Hall–Kier alpha value is -4.01. The van der Waals surface area contributed by atoms with E-state index in [0.29, 0.717) is 18.0 Å². The summed E-state index contributed by atoms with van der Waals surface area (Å²) in [6.45, 7) is 2.77. The minimum Gasteiger partial charge on any atom is -0.494 e. The number of hydrogen-bond acceptors (Lipinski definition) is 4. The normalized spacial score (nSPS) is 11.0. The molecule has 2 amide bonds. The molecule has 37 heavy (non-hydrogen) atoms. The van der Waals surface area contributed by atoms with Gasteiger partial charge in [-0.3, -0.25) is 9.59 Å². The lowest BCUT2D eigenvalue weighted by atomic mass is 10.1. The molecule has 0 aliphatic rings. The van der Waals surface area contributed by atoms with Crippen LogP contribution in [0, 0.1) is 0 Å². The molecule has 3 N–H and O–H groups in total. The van der Waals surface area contributed by atoms with Crippen molar-refractivity contribution in [2.75, 3.05) is 29.1 Å². The maximum atomic E-state index is 12.9. The second kappa shape index (κ2) is 13.3. The Kier molecular flexibility index (Phi) is 9.94. The van der Waals surface area contributed by atoms with Gasteiger partial charge in [0.2, 0.25) is 5.91 Å². The predicted octanol–water partition coefficient (Wildman–Crippen LogP) is 6.97. The summed E-state index contributed by atoms with van der Waals surface area (Å²) in [5.41, 5.74) is 0.549. The van der Waals surface area contributed by atoms with Crippen molar-refractivity contribution in [3.8, 4) is 5.75 Å². The molecule has 3 aromatic carbocycles. The first-order chi connectivity index (χ1) is 17.7. The Bertz CT molecular complexity index is 1180. The molecule has 0 atom stereocenters. The van der Waals surface area contributed by atoms with Crippen molar-refractivity contribution >= 4 is 28.9 Å². The zero-order valence-corrected chi connectivity index (χ0v) is 20.5. The molecule has 0 unspecified atom stereocenters. The number of amides is 2. The third kappa shape index (κ3) is 9.18. The van der Waals surface area contributed by atoms with Crippen molar-refractivity contribution in [1.29, 1.82) is 0 Å². The fourth-order valence-corrected chi connectivity index (χ4v) is 3.49. The standard InChI is InChI=1S/C28H30F3N3O3/c1-2-3-4-5-16-37-25-14-12-22(13-15-25)33-26(35)19-32-23-10-6-8-20(17-23)27(36)34-24-11-7-9-21(18-24)28(29,30)31/h6-15,17-18,32H,2-5,16,19H2,1H3,(H,33,35)(H,34,36). The van der Waals surface area contributed by atoms with Gasteiger partial charge in [-0.05, 0) is 67.1 Å². The monoisotopic (exact) mass is 513 g/mol. The number of hydrogen-bond donors (Lipinski definition) is 3. The van der Waals surface area contributed by atoms with E-state index in [1.165, 1.54) is 37.1 Å². The third-order valence-corrected chi connectivity index (χ3v) is 5.43. The summed E-state index contributed by atoms with van der Waals surface area (Å²) in [7, 11) is 0. The van der Waals surface area contributed by atoms with Gasteiger partial charge in [-0.15, -0.1) is 0 Å². The first-order valence-electron chi connectivity index (χ1n) is 12.1. The van der Waals surface area contributed by atoms with E-state index in [9.17, 15) is 22.8 Å². The zero-order valence-electron chi connectivity index (χ0n) is 20.5. The van der Waals surface area contributed by atoms with Crippen LogP contribution < -0.4 is 20.7 Å². The van der Waals surface area contributed by atoms with Crippen molar-refractivity contribution in [1.82, 2.24) is 0 Å². The van der Waals surface area contributed by atoms with Crippen LogP contribution in [0.1, 0.15) is 48.5 Å². The lowest BCUT2D eigenvalue weighted by Crippen LogP contribution is -2.22. The van der Waals surface area contributed by atoms with Crippen molar-refractivity contribution < 1.29 is 27.5 Å². The number of ether oxygens (including phenoxy) is 1. The number of unbranched alkanes of at least 4 members (excludes halogenated alkanes) is 3. The van der Waals surface area contributed by atoms with E-state index in [0.717, 1.165) is 30.7 Å². The van der Waals surface area contributed by atoms with Crippen LogP contribution in [0.5, 0.6) is 5.75 Å². The van der Waals surface area contributed by atoms with E-state index in [4.69, 9.17) is 4.74 Å². The molecule has 6 nitrogen and oxygen atoms in total. The van der Waals surface area contributed by atoms with E-state index in [1.807, 2.05) is 0 Å². The van der Waals surface area contributed by atoms with Crippen LogP contribution in [0.25, 0.3) is 0 Å². The number of nitrogens with one attached hydrogen (secondary N) is 3. The molecule has 9 heteroatoms. The maximum absolute atomic E-state index is 12.9. The summed E-state index contributed by atoms with van der Waals surface area (Å²) >= 11 is 0. The molecular weight excluding hydrogens is 483 g/mol. The average molecular weight is 514 g/mol. The molecule has 0 aromatic heterocycles. The third-order valence-electron chi connectivity index (χ3n) is 5.43. The van der Waals surface area contributed by atoms with Gasteiger partial charge in [0.25, 0.3) is 5.91 Å². The first-order valence-corrected chi connectivity index (χ1v) is 12.1. The van der Waals surface area contributed by atoms with Crippen LogP contribution in [0.15, 0.2) is 72.8 Å². The van der Waals surface area contributed by atoms with Crippen LogP contribution >= 0.6 is 0 Å². The molecule has 0 bridgehead atoms. The quantitative estimate of drug-likeness (QED) is 0.229. The Morgan fingerprint density at radius 1 is 0.811 bits per heavy atom. The Morgan fingerprint density at radius 2 is 1.54 bits per heavy atom. The van der Waals surface area contributed by atoms with Gasteiger partial charge in [0.1, 0.15) is 5.75 Å². The molecule has 196 valence electrons. The van der Waals surface area contributed by atoms with Gasteiger partial charge in [-0.1, -0.05) is 38.3 Å². The number of carbonyl (C=O) groups is 2. The number of rotatable bonds is 12. The fraction of sp³-hybridized carbons (Fsp3) is 0.286. The molecule has 3 rings (SSSR count). The molecule has 0 saturated heterocycles. The molecule has 0 spiro atoms. The Balaban J connectivity index is 1.48. The highest BCUT2D eigenvalue weighted by atomic mass is 19.4. The van der Waals surface area contributed by atoms with E-state index in [1.54, 1.807) is 36.4 Å². The number of benzene rings is 3. The number of alkyl halides is 3. The second-order valence-corrected chi connectivity index (χ2v) is 8.45. The smallest absolute Gasteiger partial charge is 0.416 e. The minimum atomic E-state index is -4.51. The van der Waals surface area contributed by atoms with Crippen LogP contribution in [0.4, 0.5) is 30.2 Å². The molecule has 0 radical (unpaired) electrons. The van der Waals surface area contributed by atoms with E-state index < -0.39 is 17.6 Å².